The highest BCUT2D eigenvalue weighted by Gasteiger charge is 2.29. The molecule has 0 bridgehead atoms. The normalized spacial score (nSPS) is 29.2. The molecule has 74 valence electrons. The highest BCUT2D eigenvalue weighted by atomic mass is 16.2. The van der Waals surface area contributed by atoms with E-state index in [0.29, 0.717) is 11.5 Å². The molecule has 1 N–H and O–H groups in total. The number of carbonyl (C=O) groups excluding carboxylic acids is 1. The maximum atomic E-state index is 11.7. The van der Waals surface area contributed by atoms with Crippen molar-refractivity contribution >= 4 is 5.78 Å². The largest absolute Gasteiger partial charge is 0.515 e. The number of hydrogen-bond acceptors (Lipinski definition) is 2. The third kappa shape index (κ3) is 2.11. The van der Waals surface area contributed by atoms with E-state index >= 15 is 0 Å². The van der Waals surface area contributed by atoms with E-state index in [9.17, 15) is 4.79 Å². The van der Waals surface area contributed by atoms with E-state index in [-0.39, 0.29) is 11.7 Å². The summed E-state index contributed by atoms with van der Waals surface area (Å²) >= 11 is 0. The summed E-state index contributed by atoms with van der Waals surface area (Å²) < 4.78 is 0. The molecule has 2 nitrogen and oxygen atoms in total. The summed E-state index contributed by atoms with van der Waals surface area (Å²) in [5.74, 6) is 0.767. The molecule has 2 atom stereocenters. The second kappa shape index (κ2) is 4.45. The van der Waals surface area contributed by atoms with Crippen LogP contribution in [0.1, 0.15) is 39.5 Å². The van der Waals surface area contributed by atoms with Gasteiger partial charge in [-0.05, 0) is 25.2 Å². The maximum Gasteiger partial charge on any atom is 0.165 e. The van der Waals surface area contributed by atoms with Gasteiger partial charge in [0.1, 0.15) is 0 Å². The van der Waals surface area contributed by atoms with Crippen LogP contribution < -0.4 is 0 Å². The Labute approximate surface area is 79.6 Å². The van der Waals surface area contributed by atoms with Crippen LogP contribution in [0.3, 0.4) is 0 Å². The Balaban J connectivity index is 2.71. The van der Waals surface area contributed by atoms with Crippen molar-refractivity contribution in [1.82, 2.24) is 0 Å². The smallest absolute Gasteiger partial charge is 0.165 e. The summed E-state index contributed by atoms with van der Waals surface area (Å²) in [6, 6.07) is 0. The third-order valence-electron chi connectivity index (χ3n) is 3.10. The highest BCUT2D eigenvalue weighted by molar-refractivity contribution is 5.97. The Morgan fingerprint density at radius 3 is 2.92 bits per heavy atom. The van der Waals surface area contributed by atoms with Crippen molar-refractivity contribution in [3.05, 3.63) is 11.8 Å². The fourth-order valence-electron chi connectivity index (χ4n) is 1.96. The van der Waals surface area contributed by atoms with Crippen LogP contribution in [0.25, 0.3) is 0 Å². The first-order chi connectivity index (χ1) is 6.20. The monoisotopic (exact) mass is 182 g/mol. The minimum atomic E-state index is 0.150. The van der Waals surface area contributed by atoms with Crippen molar-refractivity contribution < 1.29 is 9.90 Å². The van der Waals surface area contributed by atoms with Crippen molar-refractivity contribution in [3.8, 4) is 0 Å². The summed E-state index contributed by atoms with van der Waals surface area (Å²) in [4.78, 5) is 11.7. The lowest BCUT2D eigenvalue weighted by molar-refractivity contribution is -0.122. The van der Waals surface area contributed by atoms with Gasteiger partial charge in [-0.25, -0.2) is 0 Å². The zero-order valence-corrected chi connectivity index (χ0v) is 8.42. The van der Waals surface area contributed by atoms with E-state index in [4.69, 9.17) is 5.11 Å². The summed E-state index contributed by atoms with van der Waals surface area (Å²) in [6.45, 7) is 4.22. The molecular formula is C11H18O2. The van der Waals surface area contributed by atoms with Gasteiger partial charge in [-0.3, -0.25) is 4.79 Å². The number of aliphatic hydroxyl groups excluding tert-OH is 1. The molecule has 0 aromatic heterocycles. The van der Waals surface area contributed by atoms with Crippen molar-refractivity contribution in [2.75, 3.05) is 0 Å². The van der Waals surface area contributed by atoms with Gasteiger partial charge in [0.15, 0.2) is 5.78 Å². The molecule has 1 saturated carbocycles. The molecule has 0 aromatic rings. The van der Waals surface area contributed by atoms with Crippen molar-refractivity contribution in [3.63, 3.8) is 0 Å². The van der Waals surface area contributed by atoms with Gasteiger partial charge >= 0.3 is 0 Å². The van der Waals surface area contributed by atoms with E-state index in [1.54, 1.807) is 0 Å². The van der Waals surface area contributed by atoms with Crippen LogP contribution in [0.5, 0.6) is 0 Å². The van der Waals surface area contributed by atoms with Crippen LogP contribution in [-0.4, -0.2) is 10.9 Å². The summed E-state index contributed by atoms with van der Waals surface area (Å²) in [5, 5.41) is 8.85. The zero-order chi connectivity index (χ0) is 9.84. The Morgan fingerprint density at radius 1 is 1.69 bits per heavy atom. The van der Waals surface area contributed by atoms with E-state index in [1.807, 2.05) is 0 Å². The Bertz CT molecular complexity index is 218. The molecule has 2 unspecified atom stereocenters. The van der Waals surface area contributed by atoms with Crippen molar-refractivity contribution in [1.29, 1.82) is 0 Å². The van der Waals surface area contributed by atoms with Gasteiger partial charge in [0.2, 0.25) is 0 Å². The summed E-state index contributed by atoms with van der Waals surface area (Å²) in [5.41, 5.74) is 0.622. The van der Waals surface area contributed by atoms with Crippen LogP contribution in [0.4, 0.5) is 0 Å². The number of allylic oxidation sites excluding steroid dienone is 1. The second-order valence-electron chi connectivity index (χ2n) is 3.90. The number of carbonyl (C=O) groups is 1. The molecule has 0 spiro atoms. The number of aliphatic hydroxyl groups is 1. The van der Waals surface area contributed by atoms with Crippen LogP contribution in [0, 0.1) is 11.8 Å². The molecule has 1 aliphatic carbocycles. The minimum absolute atomic E-state index is 0.150. The third-order valence-corrected chi connectivity index (χ3v) is 3.10. The maximum absolute atomic E-state index is 11.7. The number of rotatable bonds is 2. The Hall–Kier alpha value is -0.790. The Morgan fingerprint density at radius 2 is 2.38 bits per heavy atom. The first-order valence-electron chi connectivity index (χ1n) is 5.08. The lowest BCUT2D eigenvalue weighted by Gasteiger charge is -2.26. The van der Waals surface area contributed by atoms with Crippen molar-refractivity contribution in [2.45, 2.75) is 39.5 Å². The SMILES string of the molecule is CCC(C)C1CCCC(=CO)C1=O. The predicted octanol–water partition coefficient (Wildman–Crippen LogP) is 2.84. The fraction of sp³-hybridized carbons (Fsp3) is 0.727. The van der Waals surface area contributed by atoms with E-state index in [1.165, 1.54) is 0 Å². The molecule has 0 saturated heterocycles. The molecule has 1 fully saturated rings. The van der Waals surface area contributed by atoms with E-state index in [2.05, 4.69) is 13.8 Å². The van der Waals surface area contributed by atoms with E-state index < -0.39 is 0 Å². The lowest BCUT2D eigenvalue weighted by Crippen LogP contribution is -2.27. The van der Waals surface area contributed by atoms with Crippen LogP contribution in [0.2, 0.25) is 0 Å². The van der Waals surface area contributed by atoms with Gasteiger partial charge in [-0.2, -0.15) is 0 Å². The topological polar surface area (TPSA) is 37.3 Å². The van der Waals surface area contributed by atoms with Gasteiger partial charge < -0.3 is 5.11 Å². The summed E-state index contributed by atoms with van der Waals surface area (Å²) in [6.07, 6.45) is 4.81. The molecule has 0 aliphatic heterocycles. The van der Waals surface area contributed by atoms with Crippen LogP contribution in [-0.2, 0) is 4.79 Å². The Kier molecular flexibility index (Phi) is 3.52. The van der Waals surface area contributed by atoms with Gasteiger partial charge in [-0.15, -0.1) is 0 Å². The molecule has 1 aliphatic rings. The molecule has 0 radical (unpaired) electrons. The average molecular weight is 182 g/mol. The van der Waals surface area contributed by atoms with Gasteiger partial charge in [-0.1, -0.05) is 20.3 Å². The summed E-state index contributed by atoms with van der Waals surface area (Å²) in [7, 11) is 0. The van der Waals surface area contributed by atoms with E-state index in [0.717, 1.165) is 31.9 Å². The predicted molar refractivity (Wildman–Crippen MR) is 52.5 cm³/mol. The molecular weight excluding hydrogens is 164 g/mol. The second-order valence-corrected chi connectivity index (χ2v) is 3.90. The molecule has 13 heavy (non-hydrogen) atoms. The van der Waals surface area contributed by atoms with Crippen LogP contribution in [0.15, 0.2) is 11.8 Å². The number of Topliss-reactive ketones (excluding diaryl/α,β-unsaturated/α-hetero) is 1. The first-order valence-corrected chi connectivity index (χ1v) is 5.08. The minimum Gasteiger partial charge on any atom is -0.515 e. The highest BCUT2D eigenvalue weighted by Crippen LogP contribution is 2.31. The molecule has 0 aromatic carbocycles. The molecule has 0 heterocycles. The first kappa shape index (κ1) is 10.3. The quantitative estimate of drug-likeness (QED) is 0.526. The standard InChI is InChI=1S/C11H18O2/c1-3-8(2)10-6-4-5-9(7-12)11(10)13/h7-8,10,12H,3-6H2,1-2H3. The number of ketones is 1. The van der Waals surface area contributed by atoms with Gasteiger partial charge in [0.25, 0.3) is 0 Å². The van der Waals surface area contributed by atoms with Gasteiger partial charge in [0, 0.05) is 11.5 Å². The number of hydrogen-bond donors (Lipinski definition) is 1. The fourth-order valence-corrected chi connectivity index (χ4v) is 1.96. The van der Waals surface area contributed by atoms with Crippen molar-refractivity contribution in [2.24, 2.45) is 11.8 Å². The van der Waals surface area contributed by atoms with Crippen LogP contribution >= 0.6 is 0 Å². The lowest BCUT2D eigenvalue weighted by atomic mass is 9.77. The average Bonchev–Trinajstić information content (AvgIpc) is 2.17. The zero-order valence-electron chi connectivity index (χ0n) is 8.42. The molecule has 0 amide bonds. The molecule has 1 rings (SSSR count). The van der Waals surface area contributed by atoms with Gasteiger partial charge in [0.05, 0.1) is 6.26 Å². The molecule has 2 heteroatoms.